The molecule has 16 heavy (non-hydrogen) atoms. The maximum Gasteiger partial charge on any atom is 0.0627 e. The van der Waals surface area contributed by atoms with Crippen molar-refractivity contribution in [3.05, 3.63) is 21.9 Å². The van der Waals surface area contributed by atoms with E-state index in [1.165, 1.54) is 23.3 Å². The summed E-state index contributed by atoms with van der Waals surface area (Å²) in [5.41, 5.74) is 4.35. The molecule has 0 spiro atoms. The number of fused-ring (bicyclic) bond motifs is 2. The van der Waals surface area contributed by atoms with Crippen LogP contribution in [0.5, 0.6) is 0 Å². The third-order valence-electron chi connectivity index (χ3n) is 3.99. The van der Waals surface area contributed by atoms with Gasteiger partial charge in [0.05, 0.1) is 18.2 Å². The van der Waals surface area contributed by atoms with Crippen molar-refractivity contribution in [2.45, 2.75) is 44.4 Å². The first kappa shape index (κ1) is 10.7. The van der Waals surface area contributed by atoms with Gasteiger partial charge in [-0.2, -0.15) is 0 Å². The van der Waals surface area contributed by atoms with Crippen LogP contribution in [0.4, 0.5) is 0 Å². The molecular weight excluding hydrogens is 220 g/mol. The molecule has 2 saturated heterocycles. The summed E-state index contributed by atoms with van der Waals surface area (Å²) >= 11 is 1.79. The van der Waals surface area contributed by atoms with Crippen molar-refractivity contribution in [2.75, 3.05) is 0 Å². The van der Waals surface area contributed by atoms with Gasteiger partial charge in [-0.15, -0.1) is 11.3 Å². The van der Waals surface area contributed by atoms with Gasteiger partial charge in [-0.1, -0.05) is 0 Å². The largest absolute Gasteiger partial charge is 0.375 e. The fourth-order valence-electron chi connectivity index (χ4n) is 3.19. The SMILES string of the molecule is Cc1sccc1C(NN)C1CC2CCC1O2. The third-order valence-corrected chi connectivity index (χ3v) is 4.86. The summed E-state index contributed by atoms with van der Waals surface area (Å²) in [6.07, 6.45) is 4.52. The molecule has 0 aliphatic carbocycles. The second-order valence-corrected chi connectivity index (χ2v) is 5.97. The lowest BCUT2D eigenvalue weighted by Crippen LogP contribution is -2.37. The Balaban J connectivity index is 1.84. The van der Waals surface area contributed by atoms with E-state index in [1.54, 1.807) is 11.3 Å². The molecule has 1 aromatic rings. The van der Waals surface area contributed by atoms with E-state index in [0.29, 0.717) is 18.1 Å². The van der Waals surface area contributed by atoms with Crippen molar-refractivity contribution in [1.82, 2.24) is 5.43 Å². The lowest BCUT2D eigenvalue weighted by atomic mass is 9.81. The van der Waals surface area contributed by atoms with Crippen LogP contribution in [0.2, 0.25) is 0 Å². The van der Waals surface area contributed by atoms with Crippen molar-refractivity contribution >= 4 is 11.3 Å². The van der Waals surface area contributed by atoms with Crippen LogP contribution in [0.25, 0.3) is 0 Å². The van der Waals surface area contributed by atoms with E-state index in [4.69, 9.17) is 10.6 Å². The fraction of sp³-hybridized carbons (Fsp3) is 0.667. The summed E-state index contributed by atoms with van der Waals surface area (Å²) in [4.78, 5) is 1.37. The maximum absolute atomic E-state index is 5.91. The van der Waals surface area contributed by atoms with Crippen LogP contribution in [0.1, 0.15) is 35.7 Å². The highest BCUT2D eigenvalue weighted by molar-refractivity contribution is 7.10. The number of thiophene rings is 1. The molecule has 2 aliphatic rings. The number of hydrazine groups is 1. The molecule has 88 valence electrons. The highest BCUT2D eigenvalue weighted by atomic mass is 32.1. The van der Waals surface area contributed by atoms with E-state index in [1.807, 2.05) is 0 Å². The number of aryl methyl sites for hydroxylation is 1. The minimum atomic E-state index is 0.265. The Bertz CT molecular complexity index is 379. The summed E-state index contributed by atoms with van der Waals surface area (Å²) in [7, 11) is 0. The molecule has 3 N–H and O–H groups in total. The molecule has 4 unspecified atom stereocenters. The van der Waals surface area contributed by atoms with Crippen LogP contribution in [0.15, 0.2) is 11.4 Å². The molecule has 0 radical (unpaired) electrons. The first-order chi connectivity index (χ1) is 7.79. The van der Waals surface area contributed by atoms with Gasteiger partial charge in [0.25, 0.3) is 0 Å². The summed E-state index contributed by atoms with van der Waals surface area (Å²) in [6.45, 7) is 2.17. The summed E-state index contributed by atoms with van der Waals surface area (Å²) in [5, 5.41) is 2.14. The second-order valence-electron chi connectivity index (χ2n) is 4.85. The molecular formula is C12H18N2OS. The van der Waals surface area contributed by atoms with Gasteiger partial charge in [0.1, 0.15) is 0 Å². The Morgan fingerprint density at radius 1 is 1.56 bits per heavy atom. The van der Waals surface area contributed by atoms with E-state index in [2.05, 4.69) is 23.8 Å². The fourth-order valence-corrected chi connectivity index (χ4v) is 3.94. The summed E-state index contributed by atoms with van der Waals surface area (Å²) < 4.78 is 5.91. The number of nitrogens with one attached hydrogen (secondary N) is 1. The number of hydrogen-bond acceptors (Lipinski definition) is 4. The molecule has 0 saturated carbocycles. The van der Waals surface area contributed by atoms with Crippen LogP contribution >= 0.6 is 11.3 Å². The summed E-state index contributed by atoms with van der Waals surface area (Å²) in [6, 6.07) is 2.46. The van der Waals surface area contributed by atoms with E-state index < -0.39 is 0 Å². The van der Waals surface area contributed by atoms with E-state index >= 15 is 0 Å². The molecule has 2 fully saturated rings. The topological polar surface area (TPSA) is 47.3 Å². The van der Waals surface area contributed by atoms with E-state index in [-0.39, 0.29) is 6.04 Å². The van der Waals surface area contributed by atoms with Gasteiger partial charge in [0.2, 0.25) is 0 Å². The molecule has 4 heteroatoms. The Kier molecular flexibility index (Phi) is 2.75. The molecule has 2 aliphatic heterocycles. The van der Waals surface area contributed by atoms with Crippen LogP contribution in [0, 0.1) is 12.8 Å². The van der Waals surface area contributed by atoms with Crippen molar-refractivity contribution in [3.8, 4) is 0 Å². The predicted molar refractivity (Wildman–Crippen MR) is 65.1 cm³/mol. The average molecular weight is 238 g/mol. The Morgan fingerprint density at radius 3 is 2.94 bits per heavy atom. The maximum atomic E-state index is 5.91. The molecule has 0 amide bonds. The van der Waals surface area contributed by atoms with Gasteiger partial charge < -0.3 is 4.74 Å². The van der Waals surface area contributed by atoms with Gasteiger partial charge in [0.15, 0.2) is 0 Å². The van der Waals surface area contributed by atoms with Crippen LogP contribution in [-0.2, 0) is 4.74 Å². The van der Waals surface area contributed by atoms with Crippen LogP contribution in [-0.4, -0.2) is 12.2 Å². The standard InChI is InChI=1S/C12H18N2OS/c1-7-9(4-5-16-7)12(14-13)10-6-8-2-3-11(10)15-8/h4-5,8,10-12,14H,2-3,6,13H2,1H3. The van der Waals surface area contributed by atoms with Crippen molar-refractivity contribution < 1.29 is 4.74 Å². The predicted octanol–water partition coefficient (Wildman–Crippen LogP) is 2.13. The highest BCUT2D eigenvalue weighted by Gasteiger charge is 2.44. The van der Waals surface area contributed by atoms with Gasteiger partial charge in [-0.3, -0.25) is 11.3 Å². The monoisotopic (exact) mass is 238 g/mol. The molecule has 0 aromatic carbocycles. The molecule has 3 nitrogen and oxygen atoms in total. The molecule has 3 heterocycles. The molecule has 2 bridgehead atoms. The van der Waals surface area contributed by atoms with Gasteiger partial charge in [-0.05, 0) is 43.2 Å². The number of rotatable bonds is 3. The number of nitrogens with two attached hydrogens (primary N) is 1. The molecule has 3 rings (SSSR count). The highest BCUT2D eigenvalue weighted by Crippen LogP contribution is 2.45. The van der Waals surface area contributed by atoms with E-state index in [0.717, 1.165) is 6.42 Å². The Morgan fingerprint density at radius 2 is 2.44 bits per heavy atom. The quantitative estimate of drug-likeness (QED) is 0.626. The second kappa shape index (κ2) is 4.11. The number of hydrogen-bond donors (Lipinski definition) is 2. The van der Waals surface area contributed by atoms with Gasteiger partial charge >= 0.3 is 0 Å². The molecule has 4 atom stereocenters. The Hall–Kier alpha value is -0.420. The lowest BCUT2D eigenvalue weighted by molar-refractivity contribution is 0.0857. The third kappa shape index (κ3) is 1.61. The zero-order valence-corrected chi connectivity index (χ0v) is 10.3. The van der Waals surface area contributed by atoms with Crippen molar-refractivity contribution in [1.29, 1.82) is 0 Å². The van der Waals surface area contributed by atoms with Crippen molar-refractivity contribution in [3.63, 3.8) is 0 Å². The minimum Gasteiger partial charge on any atom is -0.375 e. The smallest absolute Gasteiger partial charge is 0.0627 e. The zero-order valence-electron chi connectivity index (χ0n) is 9.48. The summed E-state index contributed by atoms with van der Waals surface area (Å²) in [5.74, 6) is 6.30. The van der Waals surface area contributed by atoms with Crippen LogP contribution < -0.4 is 11.3 Å². The zero-order chi connectivity index (χ0) is 11.1. The van der Waals surface area contributed by atoms with E-state index in [9.17, 15) is 0 Å². The first-order valence-corrected chi connectivity index (χ1v) is 6.83. The molecule has 1 aromatic heterocycles. The van der Waals surface area contributed by atoms with Gasteiger partial charge in [0, 0.05) is 10.8 Å². The van der Waals surface area contributed by atoms with Gasteiger partial charge in [-0.25, -0.2) is 0 Å². The van der Waals surface area contributed by atoms with Crippen molar-refractivity contribution in [2.24, 2.45) is 11.8 Å². The average Bonchev–Trinajstić information content (AvgIpc) is 2.97. The lowest BCUT2D eigenvalue weighted by Gasteiger charge is -2.28. The van der Waals surface area contributed by atoms with Crippen LogP contribution in [0.3, 0.4) is 0 Å². The Labute approximate surface area is 100.0 Å². The first-order valence-electron chi connectivity index (χ1n) is 5.95. The normalized spacial score (nSPS) is 34.5. The number of ether oxygens (including phenoxy) is 1. The minimum absolute atomic E-state index is 0.265.